The number of ether oxygens (including phenoxy) is 3. The zero-order chi connectivity index (χ0) is 12.6. The van der Waals surface area contributed by atoms with Gasteiger partial charge in [-0.25, -0.2) is 0 Å². The highest BCUT2D eigenvalue weighted by Crippen LogP contribution is 2.26. The maximum atomic E-state index is 5.83. The number of aromatic amines is 1. The summed E-state index contributed by atoms with van der Waals surface area (Å²) in [5, 5.41) is 1.09. The summed E-state index contributed by atoms with van der Waals surface area (Å²) in [6.45, 7) is 4.92. The zero-order valence-electron chi connectivity index (χ0n) is 10.6. The third-order valence-corrected chi connectivity index (χ3v) is 3.05. The topological polar surface area (TPSA) is 43.5 Å². The van der Waals surface area contributed by atoms with Crippen LogP contribution in [0.1, 0.15) is 13.8 Å². The van der Waals surface area contributed by atoms with E-state index in [1.54, 1.807) is 0 Å². The van der Waals surface area contributed by atoms with Crippen LogP contribution in [0.5, 0.6) is 5.75 Å². The number of benzene rings is 1. The summed E-state index contributed by atoms with van der Waals surface area (Å²) >= 11 is 0. The Kier molecular flexibility index (Phi) is 2.76. The van der Waals surface area contributed by atoms with Gasteiger partial charge < -0.3 is 19.2 Å². The first-order valence-electron chi connectivity index (χ1n) is 6.15. The minimum Gasteiger partial charge on any atom is -0.490 e. The van der Waals surface area contributed by atoms with Gasteiger partial charge in [0.2, 0.25) is 0 Å². The van der Waals surface area contributed by atoms with E-state index in [0.29, 0.717) is 13.2 Å². The van der Waals surface area contributed by atoms with Crippen LogP contribution in [0.4, 0.5) is 0 Å². The normalized spacial score (nSPS) is 22.4. The van der Waals surface area contributed by atoms with E-state index in [0.717, 1.165) is 16.7 Å². The van der Waals surface area contributed by atoms with Crippen LogP contribution in [0.3, 0.4) is 0 Å². The van der Waals surface area contributed by atoms with E-state index < -0.39 is 5.79 Å². The standard InChI is InChI=1S/C14H17NO3/c1-14(2)17-9-10(18-14)8-16-13-5-3-4-12-11(13)6-7-15-12/h3-7,10,15H,8-9H2,1-2H3/t10-/m1/s1. The van der Waals surface area contributed by atoms with Crippen molar-refractivity contribution in [2.24, 2.45) is 0 Å². The average molecular weight is 247 g/mol. The second-order valence-electron chi connectivity index (χ2n) is 4.96. The Morgan fingerprint density at radius 2 is 2.28 bits per heavy atom. The minimum absolute atomic E-state index is 0.00537. The number of hydrogen-bond donors (Lipinski definition) is 1. The molecule has 1 saturated heterocycles. The van der Waals surface area contributed by atoms with Crippen molar-refractivity contribution >= 4 is 10.9 Å². The summed E-state index contributed by atoms with van der Waals surface area (Å²) < 4.78 is 17.0. The van der Waals surface area contributed by atoms with Crippen molar-refractivity contribution in [3.8, 4) is 5.75 Å². The molecule has 0 radical (unpaired) electrons. The molecular weight excluding hydrogens is 230 g/mol. The number of H-pyrrole nitrogens is 1. The molecule has 1 aromatic carbocycles. The van der Waals surface area contributed by atoms with Crippen molar-refractivity contribution in [1.29, 1.82) is 0 Å². The molecule has 2 aromatic rings. The van der Waals surface area contributed by atoms with E-state index in [1.165, 1.54) is 0 Å². The molecule has 1 fully saturated rings. The lowest BCUT2D eigenvalue weighted by Gasteiger charge is -2.17. The molecule has 2 heterocycles. The van der Waals surface area contributed by atoms with E-state index in [4.69, 9.17) is 14.2 Å². The summed E-state index contributed by atoms with van der Waals surface area (Å²) in [7, 11) is 0. The van der Waals surface area contributed by atoms with E-state index in [2.05, 4.69) is 4.98 Å². The molecule has 0 spiro atoms. The molecule has 0 saturated carbocycles. The molecule has 96 valence electrons. The quantitative estimate of drug-likeness (QED) is 0.906. The summed E-state index contributed by atoms with van der Waals surface area (Å²) in [6.07, 6.45) is 1.91. The van der Waals surface area contributed by atoms with E-state index in [1.807, 2.05) is 44.3 Å². The molecule has 4 heteroatoms. The Labute approximate surface area is 106 Å². The second-order valence-corrected chi connectivity index (χ2v) is 4.96. The number of rotatable bonds is 3. The molecule has 4 nitrogen and oxygen atoms in total. The summed E-state index contributed by atoms with van der Waals surface area (Å²) in [5.41, 5.74) is 1.08. The molecule has 1 atom stereocenters. The first-order chi connectivity index (χ1) is 8.64. The predicted octanol–water partition coefficient (Wildman–Crippen LogP) is 2.70. The lowest BCUT2D eigenvalue weighted by molar-refractivity contribution is -0.141. The molecule has 3 rings (SSSR count). The monoisotopic (exact) mass is 247 g/mol. The van der Waals surface area contributed by atoms with E-state index in [-0.39, 0.29) is 6.10 Å². The van der Waals surface area contributed by atoms with Gasteiger partial charge in [0.25, 0.3) is 0 Å². The molecule has 0 amide bonds. The van der Waals surface area contributed by atoms with Crippen molar-refractivity contribution in [3.63, 3.8) is 0 Å². The van der Waals surface area contributed by atoms with Crippen LogP contribution in [0, 0.1) is 0 Å². The van der Waals surface area contributed by atoms with Crippen LogP contribution in [-0.2, 0) is 9.47 Å². The van der Waals surface area contributed by atoms with Gasteiger partial charge in [-0.1, -0.05) is 6.07 Å². The van der Waals surface area contributed by atoms with Gasteiger partial charge in [0, 0.05) is 17.1 Å². The van der Waals surface area contributed by atoms with Gasteiger partial charge in [0.15, 0.2) is 5.79 Å². The number of hydrogen-bond acceptors (Lipinski definition) is 3. The Bertz CT molecular complexity index is 547. The molecule has 0 aliphatic carbocycles. The van der Waals surface area contributed by atoms with Crippen molar-refractivity contribution in [2.75, 3.05) is 13.2 Å². The van der Waals surface area contributed by atoms with Gasteiger partial charge >= 0.3 is 0 Å². The fourth-order valence-corrected chi connectivity index (χ4v) is 2.21. The van der Waals surface area contributed by atoms with Crippen LogP contribution in [0.15, 0.2) is 30.5 Å². The van der Waals surface area contributed by atoms with Crippen molar-refractivity contribution < 1.29 is 14.2 Å². The maximum Gasteiger partial charge on any atom is 0.163 e. The molecule has 1 aliphatic rings. The molecule has 0 bridgehead atoms. The van der Waals surface area contributed by atoms with Gasteiger partial charge in [-0.2, -0.15) is 0 Å². The molecular formula is C14H17NO3. The maximum absolute atomic E-state index is 5.83. The molecule has 1 aliphatic heterocycles. The van der Waals surface area contributed by atoms with Gasteiger partial charge in [-0.3, -0.25) is 0 Å². The summed E-state index contributed by atoms with van der Waals surface area (Å²) in [6, 6.07) is 7.99. The van der Waals surface area contributed by atoms with Crippen molar-refractivity contribution in [1.82, 2.24) is 4.98 Å². The van der Waals surface area contributed by atoms with Gasteiger partial charge in [-0.15, -0.1) is 0 Å². The van der Waals surface area contributed by atoms with E-state index in [9.17, 15) is 0 Å². The number of aromatic nitrogens is 1. The largest absolute Gasteiger partial charge is 0.490 e. The van der Waals surface area contributed by atoms with Crippen LogP contribution in [0.2, 0.25) is 0 Å². The van der Waals surface area contributed by atoms with Gasteiger partial charge in [0.05, 0.1) is 6.61 Å². The van der Waals surface area contributed by atoms with Crippen LogP contribution in [-0.4, -0.2) is 30.1 Å². The Morgan fingerprint density at radius 1 is 1.39 bits per heavy atom. The fourth-order valence-electron chi connectivity index (χ4n) is 2.21. The lowest BCUT2D eigenvalue weighted by Crippen LogP contribution is -2.25. The fraction of sp³-hybridized carbons (Fsp3) is 0.429. The lowest BCUT2D eigenvalue weighted by atomic mass is 10.2. The van der Waals surface area contributed by atoms with Gasteiger partial charge in [-0.05, 0) is 32.0 Å². The Balaban J connectivity index is 1.69. The SMILES string of the molecule is CC1(C)OC[C@@H](COc2cccc3[nH]ccc23)O1. The summed E-state index contributed by atoms with van der Waals surface area (Å²) in [4.78, 5) is 3.17. The zero-order valence-corrected chi connectivity index (χ0v) is 10.6. The number of fused-ring (bicyclic) bond motifs is 1. The highest BCUT2D eigenvalue weighted by atomic mass is 16.7. The summed E-state index contributed by atoms with van der Waals surface area (Å²) in [5.74, 6) is 0.385. The van der Waals surface area contributed by atoms with Gasteiger partial charge in [0.1, 0.15) is 18.5 Å². The minimum atomic E-state index is -0.492. The third-order valence-electron chi connectivity index (χ3n) is 3.05. The van der Waals surface area contributed by atoms with Crippen LogP contribution in [0.25, 0.3) is 10.9 Å². The van der Waals surface area contributed by atoms with Crippen LogP contribution >= 0.6 is 0 Å². The van der Waals surface area contributed by atoms with E-state index >= 15 is 0 Å². The Hall–Kier alpha value is -1.52. The van der Waals surface area contributed by atoms with Crippen molar-refractivity contribution in [3.05, 3.63) is 30.5 Å². The molecule has 18 heavy (non-hydrogen) atoms. The Morgan fingerprint density at radius 3 is 3.06 bits per heavy atom. The third kappa shape index (κ3) is 2.21. The number of nitrogens with one attached hydrogen (secondary N) is 1. The molecule has 0 unspecified atom stereocenters. The first-order valence-corrected chi connectivity index (χ1v) is 6.15. The highest BCUT2D eigenvalue weighted by molar-refractivity contribution is 5.85. The highest BCUT2D eigenvalue weighted by Gasteiger charge is 2.32. The van der Waals surface area contributed by atoms with Crippen molar-refractivity contribution in [2.45, 2.75) is 25.7 Å². The molecule has 1 aromatic heterocycles. The predicted molar refractivity (Wildman–Crippen MR) is 68.7 cm³/mol. The average Bonchev–Trinajstić information content (AvgIpc) is 2.92. The second kappa shape index (κ2) is 4.30. The molecule has 1 N–H and O–H groups in total. The smallest absolute Gasteiger partial charge is 0.163 e. The van der Waals surface area contributed by atoms with Crippen LogP contribution < -0.4 is 4.74 Å². The first kappa shape index (κ1) is 11.6.